The minimum Gasteiger partial charge on any atom is -0.464 e. The Kier molecular flexibility index (Phi) is 6.99. The molecule has 2 heterocycles. The lowest BCUT2D eigenvalue weighted by Gasteiger charge is -2.26. The topological polar surface area (TPSA) is 28.4 Å². The van der Waals surface area contributed by atoms with Crippen molar-refractivity contribution in [1.29, 1.82) is 0 Å². The Morgan fingerprint density at radius 3 is 2.67 bits per heavy atom. The molecule has 1 aromatic heterocycles. The molecule has 3 nitrogen and oxygen atoms in total. The Bertz CT molecular complexity index is 408. The second kappa shape index (κ2) is 8.76. The normalized spacial score (nSPS) is 17.7. The predicted octanol–water partition coefficient (Wildman–Crippen LogP) is 3.70. The third-order valence-corrected chi connectivity index (χ3v) is 4.58. The van der Waals surface area contributed by atoms with Crippen LogP contribution in [0.15, 0.2) is 16.5 Å². The van der Waals surface area contributed by atoms with E-state index in [1.807, 2.05) is 6.07 Å². The number of nitrogens with one attached hydrogen (secondary N) is 1. The smallest absolute Gasteiger partial charge is 0.284 e. The maximum absolute atomic E-state index is 12.1. The van der Waals surface area contributed by atoms with Crippen molar-refractivity contribution in [3.05, 3.63) is 23.7 Å². The lowest BCUT2D eigenvalue weighted by molar-refractivity contribution is 0.228. The van der Waals surface area contributed by atoms with Crippen LogP contribution in [0, 0.1) is 0 Å². The second-order valence-corrected chi connectivity index (χ2v) is 6.35. The molecule has 1 N–H and O–H groups in total. The summed E-state index contributed by atoms with van der Waals surface area (Å²) in [5.74, 6) is -0.689. The molecule has 0 spiro atoms. The number of nitrogens with zero attached hydrogens (tertiary/aromatic N) is 1. The largest absolute Gasteiger partial charge is 0.464 e. The number of rotatable bonds is 9. The molecule has 0 bridgehead atoms. The summed E-state index contributed by atoms with van der Waals surface area (Å²) in [5.41, 5.74) is 0. The molecular weight excluding hydrogens is 294 g/mol. The summed E-state index contributed by atoms with van der Waals surface area (Å²) in [6.45, 7) is 6.23. The molecule has 6 heteroatoms. The highest BCUT2D eigenvalue weighted by Crippen LogP contribution is 2.21. The van der Waals surface area contributed by atoms with E-state index in [1.165, 1.54) is 25.9 Å². The van der Waals surface area contributed by atoms with Crippen molar-refractivity contribution in [2.24, 2.45) is 0 Å². The molecule has 21 heavy (non-hydrogen) atoms. The highest BCUT2D eigenvalue weighted by atomic mass is 32.2. The molecule has 1 fully saturated rings. The molecule has 1 aliphatic heterocycles. The molecule has 2 rings (SSSR count). The van der Waals surface area contributed by atoms with Gasteiger partial charge in [0.2, 0.25) is 0 Å². The van der Waals surface area contributed by atoms with Crippen LogP contribution in [0.1, 0.15) is 37.7 Å². The molecule has 1 saturated heterocycles. The van der Waals surface area contributed by atoms with Gasteiger partial charge in [0, 0.05) is 12.6 Å². The van der Waals surface area contributed by atoms with Crippen molar-refractivity contribution < 1.29 is 13.2 Å². The van der Waals surface area contributed by atoms with Gasteiger partial charge >= 0.3 is 0 Å². The minimum absolute atomic E-state index is 0.225. The molecule has 0 aromatic carbocycles. The van der Waals surface area contributed by atoms with Crippen LogP contribution in [-0.4, -0.2) is 36.3 Å². The lowest BCUT2D eigenvalue weighted by Crippen LogP contribution is -2.40. The van der Waals surface area contributed by atoms with E-state index < -0.39 is 5.76 Å². The first-order valence-corrected chi connectivity index (χ1v) is 8.66. The highest BCUT2D eigenvalue weighted by molar-refractivity contribution is 7.98. The van der Waals surface area contributed by atoms with Crippen LogP contribution in [0.3, 0.4) is 0 Å². The summed E-state index contributed by atoms with van der Waals surface area (Å²) >= 11 is 0.593. The molecule has 1 aliphatic rings. The summed E-state index contributed by atoms with van der Waals surface area (Å²) in [5, 5.41) is 3.42. The zero-order chi connectivity index (χ0) is 15.1. The third-order valence-electron chi connectivity index (χ3n) is 3.88. The number of furan rings is 1. The van der Waals surface area contributed by atoms with E-state index >= 15 is 0 Å². The van der Waals surface area contributed by atoms with Crippen molar-refractivity contribution in [2.45, 2.75) is 50.3 Å². The Morgan fingerprint density at radius 1 is 1.29 bits per heavy atom. The number of alkyl halides is 2. The minimum atomic E-state index is -2.34. The number of likely N-dealkylation sites (tertiary alicyclic amines) is 1. The van der Waals surface area contributed by atoms with E-state index in [9.17, 15) is 8.78 Å². The summed E-state index contributed by atoms with van der Waals surface area (Å²) in [6.07, 6.45) is 3.75. The third kappa shape index (κ3) is 5.60. The van der Waals surface area contributed by atoms with Crippen molar-refractivity contribution in [3.63, 3.8) is 0 Å². The van der Waals surface area contributed by atoms with Gasteiger partial charge in [0.1, 0.15) is 11.5 Å². The fourth-order valence-corrected chi connectivity index (χ4v) is 3.19. The molecule has 0 saturated carbocycles. The zero-order valence-corrected chi connectivity index (χ0v) is 13.3. The number of halogens is 2. The van der Waals surface area contributed by atoms with Crippen LogP contribution in [0.25, 0.3) is 0 Å². The van der Waals surface area contributed by atoms with E-state index in [1.54, 1.807) is 6.07 Å². The Hall–Kier alpha value is -0.590. The van der Waals surface area contributed by atoms with E-state index in [0.29, 0.717) is 30.1 Å². The van der Waals surface area contributed by atoms with Crippen molar-refractivity contribution >= 4 is 11.8 Å². The highest BCUT2D eigenvalue weighted by Gasteiger charge is 2.19. The molecule has 1 atom stereocenters. The molecule has 0 amide bonds. The summed E-state index contributed by atoms with van der Waals surface area (Å²) in [7, 11) is 0. The lowest BCUT2D eigenvalue weighted by atomic mass is 10.2. The predicted molar refractivity (Wildman–Crippen MR) is 82.6 cm³/mol. The Morgan fingerprint density at radius 2 is 2.00 bits per heavy atom. The van der Waals surface area contributed by atoms with Gasteiger partial charge < -0.3 is 9.73 Å². The second-order valence-electron chi connectivity index (χ2n) is 5.38. The van der Waals surface area contributed by atoms with Crippen molar-refractivity contribution in [2.75, 3.05) is 19.6 Å². The molecule has 1 aromatic rings. The first-order chi connectivity index (χ1) is 10.2. The molecular formula is C15H24F2N2OS. The monoisotopic (exact) mass is 318 g/mol. The van der Waals surface area contributed by atoms with Crippen LogP contribution in [0.2, 0.25) is 0 Å². The van der Waals surface area contributed by atoms with Crippen LogP contribution in [0.5, 0.6) is 0 Å². The van der Waals surface area contributed by atoms with Gasteiger partial charge in [0.05, 0.1) is 12.3 Å². The van der Waals surface area contributed by atoms with Crippen LogP contribution >= 0.6 is 11.8 Å². The summed E-state index contributed by atoms with van der Waals surface area (Å²) < 4.78 is 29.8. The van der Waals surface area contributed by atoms with Gasteiger partial charge in [-0.05, 0) is 44.5 Å². The Labute approximate surface area is 129 Å². The van der Waals surface area contributed by atoms with Crippen molar-refractivity contribution in [1.82, 2.24) is 10.2 Å². The maximum Gasteiger partial charge on any atom is 0.284 e. The van der Waals surface area contributed by atoms with E-state index in [0.717, 1.165) is 18.7 Å². The zero-order valence-electron chi connectivity index (χ0n) is 12.5. The first-order valence-electron chi connectivity index (χ1n) is 7.61. The SMILES string of the molecule is CCC(CNCc1ccc(CSC(F)F)o1)N1CCCC1. The maximum atomic E-state index is 12.1. The fraction of sp³-hybridized carbons (Fsp3) is 0.733. The standard InChI is InChI=1S/C15H24F2N2OS/c1-2-12(19-7-3-4-8-19)9-18-10-13-5-6-14(20-13)11-21-15(16)17/h5-6,12,15,18H,2-4,7-11H2,1H3. The van der Waals surface area contributed by atoms with Gasteiger partial charge in [-0.1, -0.05) is 18.7 Å². The molecule has 0 radical (unpaired) electrons. The molecule has 120 valence electrons. The quantitative estimate of drug-likeness (QED) is 0.751. The average molecular weight is 318 g/mol. The molecule has 0 aliphatic carbocycles. The van der Waals surface area contributed by atoms with Crippen LogP contribution < -0.4 is 5.32 Å². The van der Waals surface area contributed by atoms with Gasteiger partial charge in [-0.2, -0.15) is 8.78 Å². The van der Waals surface area contributed by atoms with Gasteiger partial charge in [0.25, 0.3) is 5.76 Å². The van der Waals surface area contributed by atoms with Crippen LogP contribution in [0.4, 0.5) is 8.78 Å². The van der Waals surface area contributed by atoms with E-state index in [2.05, 4.69) is 17.1 Å². The van der Waals surface area contributed by atoms with E-state index in [-0.39, 0.29) is 5.75 Å². The van der Waals surface area contributed by atoms with Crippen molar-refractivity contribution in [3.8, 4) is 0 Å². The van der Waals surface area contributed by atoms with Crippen LogP contribution in [-0.2, 0) is 12.3 Å². The summed E-state index contributed by atoms with van der Waals surface area (Å²) in [4.78, 5) is 2.54. The average Bonchev–Trinajstić information content (AvgIpc) is 3.13. The summed E-state index contributed by atoms with van der Waals surface area (Å²) in [6, 6.07) is 4.23. The number of hydrogen-bond donors (Lipinski definition) is 1. The van der Waals surface area contributed by atoms with Gasteiger partial charge in [-0.3, -0.25) is 4.90 Å². The van der Waals surface area contributed by atoms with Gasteiger partial charge in [-0.25, -0.2) is 0 Å². The molecule has 1 unspecified atom stereocenters. The van der Waals surface area contributed by atoms with Gasteiger partial charge in [-0.15, -0.1) is 0 Å². The fourth-order valence-electron chi connectivity index (χ4n) is 2.74. The number of hydrogen-bond acceptors (Lipinski definition) is 4. The Balaban J connectivity index is 1.70. The first kappa shape index (κ1) is 16.8. The van der Waals surface area contributed by atoms with E-state index in [4.69, 9.17) is 4.42 Å². The number of thioether (sulfide) groups is 1. The van der Waals surface area contributed by atoms with Gasteiger partial charge in [0.15, 0.2) is 0 Å².